The van der Waals surface area contributed by atoms with Crippen LogP contribution in [0.1, 0.15) is 16.2 Å². The van der Waals surface area contributed by atoms with Crippen LogP contribution in [0.5, 0.6) is 0 Å². The number of carbonyl (C=O) groups is 1. The van der Waals surface area contributed by atoms with Crippen molar-refractivity contribution < 1.29 is 9.18 Å². The van der Waals surface area contributed by atoms with Gasteiger partial charge in [-0.3, -0.25) is 4.79 Å². The molecule has 82 valence electrons. The Hall–Kier alpha value is -2.17. The van der Waals surface area contributed by atoms with Crippen molar-refractivity contribution in [2.75, 3.05) is 0 Å². The summed E-state index contributed by atoms with van der Waals surface area (Å²) in [6.07, 6.45) is 3.34. The van der Waals surface area contributed by atoms with Crippen molar-refractivity contribution in [1.82, 2.24) is 9.55 Å². The maximum atomic E-state index is 13.5. The first-order chi connectivity index (χ1) is 7.59. The summed E-state index contributed by atoms with van der Waals surface area (Å²) in [5, 5.41) is 0. The van der Waals surface area contributed by atoms with Crippen LogP contribution >= 0.6 is 0 Å². The average Bonchev–Trinajstić information content (AvgIpc) is 2.63. The van der Waals surface area contributed by atoms with Gasteiger partial charge in [0.05, 0.1) is 5.56 Å². The Kier molecular flexibility index (Phi) is 2.44. The number of hydrogen-bond acceptors (Lipinski definition) is 2. The van der Waals surface area contributed by atoms with Gasteiger partial charge < -0.3 is 10.3 Å². The lowest BCUT2D eigenvalue weighted by Crippen LogP contribution is -2.13. The molecule has 2 aromatic rings. The van der Waals surface area contributed by atoms with Gasteiger partial charge in [0.15, 0.2) is 0 Å². The molecular weight excluding hydrogens is 209 g/mol. The standard InChI is InChI=1S/C11H10FN3O/c1-7-14-4-5-15(7)8-2-3-9(11(13)16)10(12)6-8/h2-6H,1H3,(H2,13,16). The quantitative estimate of drug-likeness (QED) is 0.830. The third-order valence-corrected chi connectivity index (χ3v) is 2.32. The summed E-state index contributed by atoms with van der Waals surface area (Å²) in [5.74, 6) is -0.657. The lowest BCUT2D eigenvalue weighted by Gasteiger charge is -2.06. The van der Waals surface area contributed by atoms with E-state index < -0.39 is 11.7 Å². The SMILES string of the molecule is Cc1nccn1-c1ccc(C(N)=O)c(F)c1. The first kappa shape index (κ1) is 10.4. The lowest BCUT2D eigenvalue weighted by molar-refractivity contribution is 0.0996. The molecule has 5 heteroatoms. The number of nitrogens with zero attached hydrogens (tertiary/aromatic N) is 2. The van der Waals surface area contributed by atoms with E-state index in [4.69, 9.17) is 5.73 Å². The van der Waals surface area contributed by atoms with Crippen molar-refractivity contribution in [3.63, 3.8) is 0 Å². The van der Waals surface area contributed by atoms with E-state index in [2.05, 4.69) is 4.98 Å². The van der Waals surface area contributed by atoms with Gasteiger partial charge in [0.25, 0.3) is 5.91 Å². The molecule has 0 fully saturated rings. The van der Waals surface area contributed by atoms with Gasteiger partial charge in [-0.2, -0.15) is 0 Å². The fourth-order valence-corrected chi connectivity index (χ4v) is 1.50. The Labute approximate surface area is 91.5 Å². The zero-order chi connectivity index (χ0) is 11.7. The minimum absolute atomic E-state index is 0.110. The molecule has 2 N–H and O–H groups in total. The number of benzene rings is 1. The van der Waals surface area contributed by atoms with Crippen molar-refractivity contribution in [2.24, 2.45) is 5.73 Å². The molecule has 1 heterocycles. The minimum Gasteiger partial charge on any atom is -0.366 e. The topological polar surface area (TPSA) is 60.9 Å². The Morgan fingerprint density at radius 1 is 1.50 bits per heavy atom. The van der Waals surface area contributed by atoms with Crippen molar-refractivity contribution in [1.29, 1.82) is 0 Å². The fourth-order valence-electron chi connectivity index (χ4n) is 1.50. The molecule has 0 aliphatic carbocycles. The minimum atomic E-state index is -0.772. The number of carbonyl (C=O) groups excluding carboxylic acids is 1. The number of imidazole rings is 1. The van der Waals surface area contributed by atoms with Crippen LogP contribution in [0.3, 0.4) is 0 Å². The van der Waals surface area contributed by atoms with Crippen molar-refractivity contribution in [3.05, 3.63) is 47.8 Å². The Morgan fingerprint density at radius 2 is 2.25 bits per heavy atom. The molecule has 0 radical (unpaired) electrons. The summed E-state index contributed by atoms with van der Waals surface area (Å²) in [6.45, 7) is 1.81. The second-order valence-corrected chi connectivity index (χ2v) is 3.37. The Balaban J connectivity index is 2.50. The Bertz CT molecular complexity index is 548. The molecule has 0 saturated carbocycles. The second kappa shape index (κ2) is 3.77. The molecule has 4 nitrogen and oxygen atoms in total. The van der Waals surface area contributed by atoms with Gasteiger partial charge in [-0.15, -0.1) is 0 Å². The Morgan fingerprint density at radius 3 is 2.75 bits per heavy atom. The fraction of sp³-hybridized carbons (Fsp3) is 0.0909. The van der Waals surface area contributed by atoms with Crippen LogP contribution in [0.25, 0.3) is 5.69 Å². The average molecular weight is 219 g/mol. The lowest BCUT2D eigenvalue weighted by atomic mass is 10.2. The molecule has 0 atom stereocenters. The monoisotopic (exact) mass is 219 g/mol. The van der Waals surface area contributed by atoms with E-state index in [0.717, 1.165) is 5.82 Å². The highest BCUT2D eigenvalue weighted by molar-refractivity contribution is 5.93. The smallest absolute Gasteiger partial charge is 0.251 e. The van der Waals surface area contributed by atoms with Gasteiger partial charge in [-0.1, -0.05) is 0 Å². The maximum absolute atomic E-state index is 13.5. The molecule has 0 saturated heterocycles. The third kappa shape index (κ3) is 1.67. The van der Waals surface area contributed by atoms with Crippen molar-refractivity contribution >= 4 is 5.91 Å². The number of amides is 1. The molecule has 0 unspecified atom stereocenters. The van der Waals surface area contributed by atoms with Gasteiger partial charge in [0.1, 0.15) is 11.6 Å². The van der Waals surface area contributed by atoms with Crippen LogP contribution in [-0.2, 0) is 0 Å². The molecule has 0 spiro atoms. The summed E-state index contributed by atoms with van der Waals surface area (Å²) in [6, 6.07) is 4.25. The number of nitrogens with two attached hydrogens (primary N) is 1. The van der Waals surface area contributed by atoms with E-state index in [1.165, 1.54) is 12.1 Å². The number of aryl methyl sites for hydroxylation is 1. The highest BCUT2D eigenvalue weighted by Gasteiger charge is 2.09. The van der Waals surface area contributed by atoms with Crippen LogP contribution in [-0.4, -0.2) is 15.5 Å². The predicted molar refractivity (Wildman–Crippen MR) is 56.8 cm³/mol. The largest absolute Gasteiger partial charge is 0.366 e. The normalized spacial score (nSPS) is 10.4. The zero-order valence-corrected chi connectivity index (χ0v) is 8.64. The van der Waals surface area contributed by atoms with Gasteiger partial charge >= 0.3 is 0 Å². The summed E-state index contributed by atoms with van der Waals surface area (Å²) < 4.78 is 15.2. The van der Waals surface area contributed by atoms with Gasteiger partial charge in [0.2, 0.25) is 0 Å². The second-order valence-electron chi connectivity index (χ2n) is 3.37. The number of hydrogen-bond donors (Lipinski definition) is 1. The molecule has 1 amide bonds. The van der Waals surface area contributed by atoms with Crippen molar-refractivity contribution in [2.45, 2.75) is 6.92 Å². The third-order valence-electron chi connectivity index (χ3n) is 2.32. The van der Waals surface area contributed by atoms with Crippen LogP contribution in [0.15, 0.2) is 30.6 Å². The molecule has 1 aromatic carbocycles. The molecule has 0 aliphatic heterocycles. The zero-order valence-electron chi connectivity index (χ0n) is 8.64. The van der Waals surface area contributed by atoms with Gasteiger partial charge in [0, 0.05) is 18.1 Å². The van der Waals surface area contributed by atoms with Crippen LogP contribution in [0.2, 0.25) is 0 Å². The number of aromatic nitrogens is 2. The summed E-state index contributed by atoms with van der Waals surface area (Å²) in [5.41, 5.74) is 5.51. The van der Waals surface area contributed by atoms with Crippen LogP contribution in [0.4, 0.5) is 4.39 Å². The summed E-state index contributed by atoms with van der Waals surface area (Å²) >= 11 is 0. The van der Waals surface area contributed by atoms with E-state index >= 15 is 0 Å². The first-order valence-corrected chi connectivity index (χ1v) is 4.69. The number of primary amides is 1. The van der Waals surface area contributed by atoms with E-state index in [1.807, 2.05) is 0 Å². The van der Waals surface area contributed by atoms with Crippen LogP contribution < -0.4 is 5.73 Å². The van der Waals surface area contributed by atoms with Crippen LogP contribution in [0, 0.1) is 12.7 Å². The molecule has 2 rings (SSSR count). The van der Waals surface area contributed by atoms with E-state index in [9.17, 15) is 9.18 Å². The molecular formula is C11H10FN3O. The van der Waals surface area contributed by atoms with Crippen molar-refractivity contribution in [3.8, 4) is 5.69 Å². The van der Waals surface area contributed by atoms with Gasteiger partial charge in [-0.05, 0) is 25.1 Å². The predicted octanol–water partition coefficient (Wildman–Crippen LogP) is 1.42. The molecule has 1 aromatic heterocycles. The number of rotatable bonds is 2. The van der Waals surface area contributed by atoms with E-state index in [1.54, 1.807) is 30.0 Å². The van der Waals surface area contributed by atoms with Gasteiger partial charge in [-0.25, -0.2) is 9.37 Å². The van der Waals surface area contributed by atoms with E-state index in [0.29, 0.717) is 5.69 Å². The maximum Gasteiger partial charge on any atom is 0.251 e. The summed E-state index contributed by atoms with van der Waals surface area (Å²) in [4.78, 5) is 14.9. The highest BCUT2D eigenvalue weighted by atomic mass is 19.1. The first-order valence-electron chi connectivity index (χ1n) is 4.69. The molecule has 0 aliphatic rings. The number of halogens is 1. The summed E-state index contributed by atoms with van der Waals surface area (Å²) in [7, 11) is 0. The molecule has 0 bridgehead atoms. The van der Waals surface area contributed by atoms with E-state index in [-0.39, 0.29) is 5.56 Å². The highest BCUT2D eigenvalue weighted by Crippen LogP contribution is 2.15. The molecule has 16 heavy (non-hydrogen) atoms.